The Morgan fingerprint density at radius 1 is 1.31 bits per heavy atom. The Bertz CT molecular complexity index is 193. The SMILES string of the molecule is O=S(O)C(F)(F)C(F)(F)CCO.[H-].[Na+]. The number of alkyl halides is 4. The van der Waals surface area contributed by atoms with Crippen molar-refractivity contribution in [3.05, 3.63) is 0 Å². The smallest absolute Gasteiger partial charge is 1.00 e. The molecule has 76 valence electrons. The Morgan fingerprint density at radius 2 is 1.69 bits per heavy atom. The van der Waals surface area contributed by atoms with Crippen LogP contribution in [0.2, 0.25) is 0 Å². The van der Waals surface area contributed by atoms with E-state index >= 15 is 0 Å². The van der Waals surface area contributed by atoms with E-state index in [-0.39, 0.29) is 31.0 Å². The van der Waals surface area contributed by atoms with Gasteiger partial charge in [0.15, 0.2) is 0 Å². The molecule has 0 bridgehead atoms. The zero-order valence-electron chi connectivity index (χ0n) is 7.64. The van der Waals surface area contributed by atoms with E-state index in [4.69, 9.17) is 9.66 Å². The van der Waals surface area contributed by atoms with E-state index in [1.165, 1.54) is 0 Å². The average molecular weight is 234 g/mol. The van der Waals surface area contributed by atoms with Crippen molar-refractivity contribution in [2.75, 3.05) is 6.61 Å². The van der Waals surface area contributed by atoms with Crippen molar-refractivity contribution in [3.8, 4) is 0 Å². The standard InChI is InChI=1S/C4H6F4O3S.Na.H/c5-3(6,1-2-9)4(7,8)12(10)11;;/h9H,1-2H2,(H,10,11);;/q;+1;-1. The van der Waals surface area contributed by atoms with Crippen molar-refractivity contribution in [1.29, 1.82) is 0 Å². The topological polar surface area (TPSA) is 57.5 Å². The largest absolute Gasteiger partial charge is 1.00 e. The molecule has 0 aliphatic carbocycles. The number of aliphatic hydroxyl groups is 1. The normalized spacial score (nSPS) is 14.9. The van der Waals surface area contributed by atoms with Gasteiger partial charge in [-0.05, 0) is 0 Å². The molecule has 0 aliphatic rings. The summed E-state index contributed by atoms with van der Waals surface area (Å²) in [6.07, 6.45) is -1.55. The fourth-order valence-electron chi connectivity index (χ4n) is 0.414. The molecule has 0 radical (unpaired) electrons. The Morgan fingerprint density at radius 3 is 1.92 bits per heavy atom. The fraction of sp³-hybridized carbons (Fsp3) is 1.00. The molecule has 0 spiro atoms. The first kappa shape index (κ1) is 16.2. The van der Waals surface area contributed by atoms with E-state index < -0.39 is 35.3 Å². The summed E-state index contributed by atoms with van der Waals surface area (Å²) in [5.74, 6) is -4.67. The molecular formula is C4H7F4NaO3S. The summed E-state index contributed by atoms with van der Waals surface area (Å²) >= 11 is -3.94. The van der Waals surface area contributed by atoms with Crippen LogP contribution in [-0.2, 0) is 11.1 Å². The molecule has 0 amide bonds. The van der Waals surface area contributed by atoms with Gasteiger partial charge in [-0.15, -0.1) is 0 Å². The van der Waals surface area contributed by atoms with Gasteiger partial charge in [-0.2, -0.15) is 17.6 Å². The number of hydrogen-bond donors (Lipinski definition) is 2. The second-order valence-corrected chi connectivity index (χ2v) is 2.96. The van der Waals surface area contributed by atoms with E-state index in [1.54, 1.807) is 0 Å². The second kappa shape index (κ2) is 5.62. The van der Waals surface area contributed by atoms with Gasteiger partial charge in [-0.3, -0.25) is 0 Å². The van der Waals surface area contributed by atoms with Crippen LogP contribution in [0, 0.1) is 0 Å². The van der Waals surface area contributed by atoms with Crippen LogP contribution >= 0.6 is 0 Å². The minimum atomic E-state index is -5.02. The van der Waals surface area contributed by atoms with Gasteiger partial charge in [0.25, 0.3) is 0 Å². The molecule has 9 heteroatoms. The van der Waals surface area contributed by atoms with Crippen molar-refractivity contribution >= 4 is 11.1 Å². The van der Waals surface area contributed by atoms with Crippen LogP contribution in [-0.4, -0.2) is 31.7 Å². The molecule has 1 atom stereocenters. The van der Waals surface area contributed by atoms with Crippen molar-refractivity contribution in [1.82, 2.24) is 0 Å². The minimum absolute atomic E-state index is 0. The molecule has 0 saturated carbocycles. The molecular weight excluding hydrogens is 227 g/mol. The molecule has 0 aliphatic heterocycles. The number of aliphatic hydroxyl groups excluding tert-OH is 1. The Hall–Kier alpha value is 0.790. The van der Waals surface area contributed by atoms with E-state index in [0.29, 0.717) is 0 Å². The molecule has 0 aromatic carbocycles. The van der Waals surface area contributed by atoms with Gasteiger partial charge in [0, 0.05) is 13.0 Å². The van der Waals surface area contributed by atoms with Gasteiger partial charge in [-0.1, -0.05) is 0 Å². The van der Waals surface area contributed by atoms with Gasteiger partial charge in [0.05, 0.1) is 0 Å². The van der Waals surface area contributed by atoms with E-state index in [0.717, 1.165) is 0 Å². The number of hydrogen-bond acceptors (Lipinski definition) is 2. The first-order chi connectivity index (χ1) is 5.25. The Kier molecular flexibility index (Phi) is 7.01. The maximum atomic E-state index is 12.2. The molecule has 1 unspecified atom stereocenters. The summed E-state index contributed by atoms with van der Waals surface area (Å²) in [4.78, 5) is 0. The molecule has 2 N–H and O–H groups in total. The van der Waals surface area contributed by atoms with Crippen molar-refractivity contribution < 1.29 is 62.4 Å². The quantitative estimate of drug-likeness (QED) is 0.334. The summed E-state index contributed by atoms with van der Waals surface area (Å²) in [5.41, 5.74) is 0. The molecule has 3 nitrogen and oxygen atoms in total. The summed E-state index contributed by atoms with van der Waals surface area (Å²) in [7, 11) is 0. The minimum Gasteiger partial charge on any atom is -1.00 e. The van der Waals surface area contributed by atoms with E-state index in [9.17, 15) is 21.8 Å². The predicted octanol–water partition coefficient (Wildman–Crippen LogP) is -2.06. The third-order valence-corrected chi connectivity index (χ3v) is 1.81. The molecule has 0 aromatic rings. The molecule has 0 rings (SSSR count). The van der Waals surface area contributed by atoms with Crippen molar-refractivity contribution in [2.45, 2.75) is 17.6 Å². The summed E-state index contributed by atoms with van der Waals surface area (Å²) in [5, 5.41) is 2.93. The van der Waals surface area contributed by atoms with Crippen LogP contribution < -0.4 is 29.6 Å². The fourth-order valence-corrected chi connectivity index (χ4v) is 0.771. The van der Waals surface area contributed by atoms with Gasteiger partial charge in [0.2, 0.25) is 11.1 Å². The van der Waals surface area contributed by atoms with Crippen molar-refractivity contribution in [2.24, 2.45) is 0 Å². The second-order valence-electron chi connectivity index (χ2n) is 1.94. The van der Waals surface area contributed by atoms with Crippen LogP contribution in [0.25, 0.3) is 0 Å². The van der Waals surface area contributed by atoms with Crippen molar-refractivity contribution in [3.63, 3.8) is 0 Å². The number of halogens is 4. The summed E-state index contributed by atoms with van der Waals surface area (Å²) in [6.45, 7) is -1.18. The molecule has 0 aromatic heterocycles. The summed E-state index contributed by atoms with van der Waals surface area (Å²) in [6, 6.07) is 0. The average Bonchev–Trinajstić information content (AvgIpc) is 1.86. The molecule has 0 fully saturated rings. The molecule has 13 heavy (non-hydrogen) atoms. The zero-order valence-corrected chi connectivity index (χ0v) is 9.45. The number of rotatable bonds is 4. The third-order valence-electron chi connectivity index (χ3n) is 1.07. The monoisotopic (exact) mass is 234 g/mol. The van der Waals surface area contributed by atoms with Gasteiger partial charge in [-0.25, -0.2) is 4.21 Å². The predicted molar refractivity (Wildman–Crippen MR) is 33.5 cm³/mol. The van der Waals surface area contributed by atoms with Crippen LogP contribution in [0.15, 0.2) is 0 Å². The maximum absolute atomic E-state index is 12.2. The summed E-state index contributed by atoms with van der Waals surface area (Å²) < 4.78 is 66.1. The first-order valence-corrected chi connectivity index (χ1v) is 3.84. The Labute approximate surface area is 97.6 Å². The van der Waals surface area contributed by atoms with Crippen LogP contribution in [0.1, 0.15) is 7.85 Å². The van der Waals surface area contributed by atoms with Gasteiger partial charge < -0.3 is 11.1 Å². The van der Waals surface area contributed by atoms with Gasteiger partial charge >= 0.3 is 40.7 Å². The molecule has 0 heterocycles. The first-order valence-electron chi connectivity index (χ1n) is 2.73. The maximum Gasteiger partial charge on any atom is 1.00 e. The van der Waals surface area contributed by atoms with Crippen LogP contribution in [0.4, 0.5) is 17.6 Å². The van der Waals surface area contributed by atoms with Crippen LogP contribution in [0.3, 0.4) is 0 Å². The molecule has 0 saturated heterocycles. The van der Waals surface area contributed by atoms with Crippen LogP contribution in [0.5, 0.6) is 0 Å². The third kappa shape index (κ3) is 3.80. The van der Waals surface area contributed by atoms with E-state index in [1.807, 2.05) is 0 Å². The van der Waals surface area contributed by atoms with E-state index in [2.05, 4.69) is 0 Å². The van der Waals surface area contributed by atoms with Gasteiger partial charge in [0.1, 0.15) is 0 Å². The zero-order chi connectivity index (χ0) is 9.99. The Balaban J connectivity index is -0.000000605.